The van der Waals surface area contributed by atoms with Crippen LogP contribution in [0.3, 0.4) is 0 Å². The molecule has 0 spiro atoms. The molecule has 1 heterocycles. The molecule has 1 aliphatic rings. The Balaban J connectivity index is 0.000000956. The van der Waals surface area contributed by atoms with Crippen molar-refractivity contribution in [3.05, 3.63) is 34.4 Å². The monoisotopic (exact) mass is 278 g/mol. The normalized spacial score (nSPS) is 12.4. The van der Waals surface area contributed by atoms with Crippen LogP contribution in [0.5, 0.6) is 0 Å². The maximum atomic E-state index is 11.9. The van der Waals surface area contributed by atoms with Crippen LogP contribution in [0.15, 0.2) is 12.1 Å². The van der Waals surface area contributed by atoms with Gasteiger partial charge in [-0.2, -0.15) is 0 Å². The van der Waals surface area contributed by atoms with Gasteiger partial charge < -0.3 is 9.84 Å². The third kappa shape index (κ3) is 2.65. The Labute approximate surface area is 115 Å². The number of aldehydes is 1. The Hall–Kier alpha value is -2.34. The standard InChI is InChI=1S/C13H10O5.CH4O/c1-6(2)11(15)8-4-10-9(3-7(8)5-14)12(16)18-13(10)17;1-2/h3-6H,1-2H3;2H,1H3. The van der Waals surface area contributed by atoms with Gasteiger partial charge in [0.05, 0.1) is 11.1 Å². The Kier molecular flexibility index (Phi) is 4.88. The van der Waals surface area contributed by atoms with Crippen LogP contribution in [0, 0.1) is 5.92 Å². The molecule has 0 unspecified atom stereocenters. The number of ether oxygens (including phenoxy) is 1. The van der Waals surface area contributed by atoms with Gasteiger partial charge in [0.25, 0.3) is 0 Å². The highest BCUT2D eigenvalue weighted by Gasteiger charge is 2.32. The number of Topliss-reactive ketones (excluding diaryl/α,β-unsaturated/α-hetero) is 1. The first-order valence-corrected chi connectivity index (χ1v) is 5.84. The zero-order valence-electron chi connectivity index (χ0n) is 11.3. The lowest BCUT2D eigenvalue weighted by Gasteiger charge is -2.07. The molecule has 0 aromatic heterocycles. The fraction of sp³-hybridized carbons (Fsp3) is 0.286. The molecular formula is C14H14O6. The van der Waals surface area contributed by atoms with E-state index < -0.39 is 11.9 Å². The molecule has 0 fully saturated rings. The van der Waals surface area contributed by atoms with E-state index in [2.05, 4.69) is 4.74 Å². The number of hydrogen-bond donors (Lipinski definition) is 1. The van der Waals surface area contributed by atoms with Crippen molar-refractivity contribution in [2.45, 2.75) is 13.8 Å². The number of carbonyl (C=O) groups excluding carboxylic acids is 4. The summed E-state index contributed by atoms with van der Waals surface area (Å²) in [5, 5.41) is 7.00. The van der Waals surface area contributed by atoms with Crippen molar-refractivity contribution in [3.8, 4) is 0 Å². The summed E-state index contributed by atoms with van der Waals surface area (Å²) in [7, 11) is 1.00. The zero-order valence-corrected chi connectivity index (χ0v) is 11.3. The topological polar surface area (TPSA) is 97.7 Å². The van der Waals surface area contributed by atoms with Crippen molar-refractivity contribution in [2.75, 3.05) is 7.11 Å². The molecule has 0 amide bonds. The molecule has 20 heavy (non-hydrogen) atoms. The summed E-state index contributed by atoms with van der Waals surface area (Å²) in [6, 6.07) is 2.49. The van der Waals surface area contributed by atoms with E-state index in [4.69, 9.17) is 5.11 Å². The highest BCUT2D eigenvalue weighted by molar-refractivity contribution is 6.17. The number of carbonyl (C=O) groups is 4. The van der Waals surface area contributed by atoms with Crippen LogP contribution in [0.4, 0.5) is 0 Å². The van der Waals surface area contributed by atoms with Gasteiger partial charge in [-0.15, -0.1) is 0 Å². The van der Waals surface area contributed by atoms with Gasteiger partial charge in [-0.05, 0) is 12.1 Å². The second-order valence-corrected chi connectivity index (χ2v) is 4.30. The number of aliphatic hydroxyl groups excluding tert-OH is 1. The molecule has 0 saturated heterocycles. The highest BCUT2D eigenvalue weighted by Crippen LogP contribution is 2.25. The minimum Gasteiger partial charge on any atom is -0.400 e. The molecular weight excluding hydrogens is 264 g/mol. The molecule has 0 aliphatic carbocycles. The minimum atomic E-state index is -0.790. The number of hydrogen-bond acceptors (Lipinski definition) is 6. The van der Waals surface area contributed by atoms with E-state index in [1.807, 2.05) is 0 Å². The number of aliphatic hydroxyl groups is 1. The maximum Gasteiger partial charge on any atom is 0.346 e. The molecule has 106 valence electrons. The van der Waals surface area contributed by atoms with Gasteiger partial charge >= 0.3 is 11.9 Å². The molecule has 0 bridgehead atoms. The largest absolute Gasteiger partial charge is 0.400 e. The fourth-order valence-electron chi connectivity index (χ4n) is 1.77. The minimum absolute atomic E-state index is 0.0300. The summed E-state index contributed by atoms with van der Waals surface area (Å²) in [6.07, 6.45) is 0.492. The van der Waals surface area contributed by atoms with E-state index in [-0.39, 0.29) is 34.0 Å². The van der Waals surface area contributed by atoms with E-state index in [0.717, 1.165) is 7.11 Å². The molecule has 0 radical (unpaired) electrons. The third-order valence-corrected chi connectivity index (χ3v) is 2.73. The molecule has 6 heteroatoms. The summed E-state index contributed by atoms with van der Waals surface area (Å²) in [4.78, 5) is 45.6. The van der Waals surface area contributed by atoms with Crippen molar-refractivity contribution in [3.63, 3.8) is 0 Å². The Morgan fingerprint density at radius 1 is 1.15 bits per heavy atom. The Morgan fingerprint density at radius 2 is 1.65 bits per heavy atom. The number of fused-ring (bicyclic) bond motifs is 1. The van der Waals surface area contributed by atoms with Crippen molar-refractivity contribution in [1.29, 1.82) is 0 Å². The van der Waals surface area contributed by atoms with Gasteiger partial charge in [-0.25, -0.2) is 9.59 Å². The molecule has 1 N–H and O–H groups in total. The highest BCUT2D eigenvalue weighted by atomic mass is 16.6. The van der Waals surface area contributed by atoms with Gasteiger partial charge in [0, 0.05) is 24.2 Å². The van der Waals surface area contributed by atoms with Crippen molar-refractivity contribution >= 4 is 24.0 Å². The average molecular weight is 278 g/mol. The first-order valence-electron chi connectivity index (χ1n) is 5.84. The zero-order chi connectivity index (χ0) is 15.4. The van der Waals surface area contributed by atoms with Gasteiger partial charge in [-0.3, -0.25) is 9.59 Å². The summed E-state index contributed by atoms with van der Waals surface area (Å²) in [5.74, 6) is -2.14. The van der Waals surface area contributed by atoms with Crippen LogP contribution >= 0.6 is 0 Å². The van der Waals surface area contributed by atoms with Gasteiger partial charge in [0.2, 0.25) is 0 Å². The Bertz CT molecular complexity index is 586. The lowest BCUT2D eigenvalue weighted by atomic mass is 9.93. The van der Waals surface area contributed by atoms with Crippen molar-refractivity contribution in [1.82, 2.24) is 0 Å². The average Bonchev–Trinajstić information content (AvgIpc) is 2.73. The number of rotatable bonds is 3. The van der Waals surface area contributed by atoms with Crippen molar-refractivity contribution in [2.24, 2.45) is 5.92 Å². The predicted molar refractivity (Wildman–Crippen MR) is 68.9 cm³/mol. The van der Waals surface area contributed by atoms with Crippen molar-refractivity contribution < 1.29 is 29.0 Å². The SMILES string of the molecule is CC(C)C(=O)c1cc2c(cc1C=O)C(=O)OC2=O.CO. The first-order chi connectivity index (χ1) is 9.45. The van der Waals surface area contributed by atoms with E-state index in [0.29, 0.717) is 6.29 Å². The van der Waals surface area contributed by atoms with Crippen LogP contribution in [0.2, 0.25) is 0 Å². The molecule has 6 nitrogen and oxygen atoms in total. The van der Waals surface area contributed by atoms with Crippen LogP contribution in [0.1, 0.15) is 55.3 Å². The van der Waals surface area contributed by atoms with Gasteiger partial charge in [0.1, 0.15) is 0 Å². The number of ketones is 1. The van der Waals surface area contributed by atoms with E-state index >= 15 is 0 Å². The molecule has 0 atom stereocenters. The number of benzene rings is 1. The van der Waals surface area contributed by atoms with Gasteiger partial charge in [0.15, 0.2) is 12.1 Å². The third-order valence-electron chi connectivity index (χ3n) is 2.73. The summed E-state index contributed by atoms with van der Waals surface area (Å²) in [6.45, 7) is 3.38. The smallest absolute Gasteiger partial charge is 0.346 e. The summed E-state index contributed by atoms with van der Waals surface area (Å²) < 4.78 is 4.42. The predicted octanol–water partition coefficient (Wildman–Crippen LogP) is 1.26. The molecule has 1 aromatic rings. The van der Waals surface area contributed by atoms with Crippen LogP contribution < -0.4 is 0 Å². The van der Waals surface area contributed by atoms with E-state index in [1.165, 1.54) is 12.1 Å². The fourth-order valence-corrected chi connectivity index (χ4v) is 1.77. The Morgan fingerprint density at radius 3 is 2.10 bits per heavy atom. The quantitative estimate of drug-likeness (QED) is 0.387. The van der Waals surface area contributed by atoms with Gasteiger partial charge in [-0.1, -0.05) is 13.8 Å². The number of esters is 2. The summed E-state index contributed by atoms with van der Waals surface area (Å²) in [5.41, 5.74) is 0.307. The van der Waals surface area contributed by atoms with Crippen LogP contribution in [-0.2, 0) is 4.74 Å². The molecule has 1 aliphatic heterocycles. The van der Waals surface area contributed by atoms with Crippen LogP contribution in [-0.4, -0.2) is 36.2 Å². The van der Waals surface area contributed by atoms with Crippen LogP contribution in [0.25, 0.3) is 0 Å². The van der Waals surface area contributed by atoms with E-state index in [1.54, 1.807) is 13.8 Å². The molecule has 2 rings (SSSR count). The number of cyclic esters (lactones) is 2. The lowest BCUT2D eigenvalue weighted by molar-refractivity contribution is 0.0443. The molecule has 0 saturated carbocycles. The van der Waals surface area contributed by atoms with E-state index in [9.17, 15) is 19.2 Å². The lowest BCUT2D eigenvalue weighted by Crippen LogP contribution is -2.12. The maximum absolute atomic E-state index is 11.9. The first kappa shape index (κ1) is 15.7. The second-order valence-electron chi connectivity index (χ2n) is 4.30. The molecule has 1 aromatic carbocycles. The summed E-state index contributed by atoms with van der Waals surface area (Å²) >= 11 is 0. The second kappa shape index (κ2) is 6.21.